The lowest BCUT2D eigenvalue weighted by Gasteiger charge is -2.26. The van der Waals surface area contributed by atoms with Gasteiger partial charge in [-0.25, -0.2) is 9.59 Å². The van der Waals surface area contributed by atoms with Gasteiger partial charge in [0.15, 0.2) is 5.60 Å². The number of carbonyl (C=O) groups is 3. The topological polar surface area (TPSA) is 125 Å². The van der Waals surface area contributed by atoms with Gasteiger partial charge in [-0.3, -0.25) is 4.79 Å². The highest BCUT2D eigenvalue weighted by Crippen LogP contribution is 2.44. The molecule has 0 aromatic heterocycles. The molecule has 0 aliphatic heterocycles. The quantitative estimate of drug-likeness (QED) is 0.462. The van der Waals surface area contributed by atoms with Crippen LogP contribution in [0.15, 0.2) is 48.5 Å². The molecule has 8 nitrogen and oxygen atoms in total. The molecule has 4 N–H and O–H groups in total. The fraction of sp³-hybridized carbons (Fsp3) is 0.400. The van der Waals surface area contributed by atoms with Crippen molar-refractivity contribution >= 4 is 18.0 Å². The normalized spacial score (nSPS) is 14.5. The van der Waals surface area contributed by atoms with Crippen LogP contribution in [0.1, 0.15) is 50.7 Å². The molecule has 3 rings (SSSR count). The molecule has 1 aliphatic carbocycles. The summed E-state index contributed by atoms with van der Waals surface area (Å²) in [5.41, 5.74) is 1.78. The third-order valence-corrected chi connectivity index (χ3v) is 5.85. The van der Waals surface area contributed by atoms with Crippen LogP contribution in [0.3, 0.4) is 0 Å². The van der Waals surface area contributed by atoms with Crippen LogP contribution < -0.4 is 10.6 Å². The van der Waals surface area contributed by atoms with Crippen molar-refractivity contribution in [1.29, 1.82) is 0 Å². The van der Waals surface area contributed by atoms with Gasteiger partial charge in [0.25, 0.3) is 0 Å². The van der Waals surface area contributed by atoms with E-state index in [2.05, 4.69) is 22.8 Å². The number of fused-ring (bicyclic) bond motifs is 3. The summed E-state index contributed by atoms with van der Waals surface area (Å²) >= 11 is 0. The molecule has 0 bridgehead atoms. The lowest BCUT2D eigenvalue weighted by molar-refractivity contribution is -0.156. The molecule has 0 heterocycles. The number of hydrogen-bond donors (Lipinski definition) is 4. The second-order valence-electron chi connectivity index (χ2n) is 9.19. The largest absolute Gasteiger partial charge is 0.479 e. The van der Waals surface area contributed by atoms with E-state index >= 15 is 0 Å². The minimum absolute atomic E-state index is 0.0425. The number of amides is 2. The maximum Gasteiger partial charge on any atom is 0.407 e. The zero-order valence-corrected chi connectivity index (χ0v) is 19.1. The number of carboxylic acids is 1. The maximum atomic E-state index is 12.5. The van der Waals surface area contributed by atoms with E-state index in [0.29, 0.717) is 6.42 Å². The molecule has 0 radical (unpaired) electrons. The van der Waals surface area contributed by atoms with Crippen LogP contribution in [0.4, 0.5) is 4.79 Å². The summed E-state index contributed by atoms with van der Waals surface area (Å²) in [6.45, 7) is 4.45. The Morgan fingerprint density at radius 1 is 0.970 bits per heavy atom. The first-order valence-corrected chi connectivity index (χ1v) is 10.9. The number of carboxylic acid groups (broad SMARTS) is 1. The predicted molar refractivity (Wildman–Crippen MR) is 123 cm³/mol. The van der Waals surface area contributed by atoms with Gasteiger partial charge in [-0.2, -0.15) is 0 Å². The fourth-order valence-electron chi connectivity index (χ4n) is 3.83. The zero-order chi connectivity index (χ0) is 24.2. The summed E-state index contributed by atoms with van der Waals surface area (Å²) in [6.07, 6.45) is -0.221. The fourth-order valence-corrected chi connectivity index (χ4v) is 3.83. The summed E-state index contributed by atoms with van der Waals surface area (Å²) < 4.78 is 5.55. The highest BCUT2D eigenvalue weighted by molar-refractivity contribution is 5.80. The van der Waals surface area contributed by atoms with Gasteiger partial charge in [0, 0.05) is 17.9 Å². The van der Waals surface area contributed by atoms with E-state index in [9.17, 15) is 19.5 Å². The van der Waals surface area contributed by atoms with Gasteiger partial charge in [-0.15, -0.1) is 0 Å². The lowest BCUT2D eigenvalue weighted by Crippen LogP contribution is -2.47. The van der Waals surface area contributed by atoms with E-state index in [0.717, 1.165) is 29.2 Å². The van der Waals surface area contributed by atoms with Crippen molar-refractivity contribution in [2.45, 2.75) is 50.7 Å². The Hall–Kier alpha value is -3.39. The number of aliphatic carboxylic acids is 1. The molecule has 2 aromatic rings. The Balaban J connectivity index is 1.50. The molecule has 1 aliphatic rings. The van der Waals surface area contributed by atoms with E-state index in [1.807, 2.05) is 36.4 Å². The van der Waals surface area contributed by atoms with Gasteiger partial charge < -0.3 is 25.6 Å². The number of aliphatic hydroxyl groups is 1. The van der Waals surface area contributed by atoms with Crippen LogP contribution >= 0.6 is 0 Å². The van der Waals surface area contributed by atoms with Crippen molar-refractivity contribution in [2.24, 2.45) is 0 Å². The van der Waals surface area contributed by atoms with E-state index in [4.69, 9.17) is 9.84 Å². The second-order valence-corrected chi connectivity index (χ2v) is 9.19. The molecule has 0 fully saturated rings. The summed E-state index contributed by atoms with van der Waals surface area (Å²) in [6, 6.07) is 16.2. The molecule has 0 spiro atoms. The van der Waals surface area contributed by atoms with Gasteiger partial charge in [0.05, 0.1) is 6.54 Å². The molecule has 176 valence electrons. The number of ether oxygens (including phenoxy) is 1. The summed E-state index contributed by atoms with van der Waals surface area (Å²) in [4.78, 5) is 35.4. The Kier molecular flexibility index (Phi) is 7.07. The van der Waals surface area contributed by atoms with Crippen molar-refractivity contribution in [3.63, 3.8) is 0 Å². The minimum atomic E-state index is -2.04. The van der Waals surface area contributed by atoms with Crippen LogP contribution in [-0.2, 0) is 14.3 Å². The highest BCUT2D eigenvalue weighted by Gasteiger charge is 2.31. The first-order valence-electron chi connectivity index (χ1n) is 10.9. The monoisotopic (exact) mass is 454 g/mol. The SMILES string of the molecule is CC(C)(CCC(=O)NCC(C)(O)C(=O)O)NC(=O)OCC1c2ccccc2-c2ccccc21. The first kappa shape index (κ1) is 24.3. The highest BCUT2D eigenvalue weighted by atomic mass is 16.5. The first-order chi connectivity index (χ1) is 15.5. The standard InChI is InChI=1S/C25H30N2O6/c1-24(2,13-12-21(28)26-15-25(3,32)22(29)30)27-23(31)33-14-20-18-10-6-4-8-16(18)17-9-5-7-11-19(17)20/h4-11,20,32H,12-15H2,1-3H3,(H,26,28)(H,27,31)(H,29,30). The molecule has 33 heavy (non-hydrogen) atoms. The molecule has 1 unspecified atom stereocenters. The Labute approximate surface area is 193 Å². The molecule has 1 atom stereocenters. The van der Waals surface area contributed by atoms with Crippen LogP contribution in [0.2, 0.25) is 0 Å². The van der Waals surface area contributed by atoms with Crippen LogP contribution in [0.25, 0.3) is 11.1 Å². The van der Waals surface area contributed by atoms with Crippen molar-refractivity contribution in [1.82, 2.24) is 10.6 Å². The number of nitrogens with one attached hydrogen (secondary N) is 2. The van der Waals surface area contributed by atoms with Gasteiger partial charge in [0.1, 0.15) is 6.61 Å². The summed E-state index contributed by atoms with van der Waals surface area (Å²) in [5, 5.41) is 23.7. The number of alkyl carbamates (subject to hydrolysis) is 1. The number of rotatable bonds is 9. The smallest absolute Gasteiger partial charge is 0.407 e. The van der Waals surface area contributed by atoms with Gasteiger partial charge in [-0.05, 0) is 49.4 Å². The average molecular weight is 455 g/mol. The number of benzene rings is 2. The Morgan fingerprint density at radius 2 is 1.52 bits per heavy atom. The molecule has 0 saturated carbocycles. The Morgan fingerprint density at radius 3 is 2.06 bits per heavy atom. The molecule has 8 heteroatoms. The molecule has 0 saturated heterocycles. The average Bonchev–Trinajstić information content (AvgIpc) is 3.08. The van der Waals surface area contributed by atoms with Crippen molar-refractivity contribution in [2.75, 3.05) is 13.2 Å². The third kappa shape index (κ3) is 5.90. The summed E-state index contributed by atoms with van der Waals surface area (Å²) in [5.74, 6) is -1.88. The van der Waals surface area contributed by atoms with Crippen molar-refractivity contribution in [3.05, 3.63) is 59.7 Å². The molecular formula is C25H30N2O6. The second kappa shape index (κ2) is 9.62. The molecule has 2 amide bonds. The van der Waals surface area contributed by atoms with Crippen LogP contribution in [-0.4, -0.2) is 52.5 Å². The zero-order valence-electron chi connectivity index (χ0n) is 19.1. The van der Waals surface area contributed by atoms with E-state index in [1.54, 1.807) is 13.8 Å². The van der Waals surface area contributed by atoms with Gasteiger partial charge in [-0.1, -0.05) is 48.5 Å². The number of hydrogen-bond acceptors (Lipinski definition) is 5. The number of carbonyl (C=O) groups excluding carboxylic acids is 2. The lowest BCUT2D eigenvalue weighted by atomic mass is 9.98. The van der Waals surface area contributed by atoms with Gasteiger partial charge in [0.2, 0.25) is 5.91 Å². The van der Waals surface area contributed by atoms with Crippen LogP contribution in [0, 0.1) is 0 Å². The Bertz CT molecular complexity index is 1000. The van der Waals surface area contributed by atoms with E-state index < -0.39 is 35.7 Å². The van der Waals surface area contributed by atoms with Crippen molar-refractivity contribution in [3.8, 4) is 11.1 Å². The predicted octanol–water partition coefficient (Wildman–Crippen LogP) is 3.04. The van der Waals surface area contributed by atoms with E-state index in [-0.39, 0.29) is 18.9 Å². The minimum Gasteiger partial charge on any atom is -0.479 e. The maximum absolute atomic E-state index is 12.5. The molecule has 2 aromatic carbocycles. The van der Waals surface area contributed by atoms with Crippen LogP contribution in [0.5, 0.6) is 0 Å². The molecular weight excluding hydrogens is 424 g/mol. The van der Waals surface area contributed by atoms with E-state index in [1.165, 1.54) is 0 Å². The summed E-state index contributed by atoms with van der Waals surface area (Å²) in [7, 11) is 0. The van der Waals surface area contributed by atoms with Gasteiger partial charge >= 0.3 is 12.1 Å². The third-order valence-electron chi connectivity index (χ3n) is 5.85. The van der Waals surface area contributed by atoms with Crippen molar-refractivity contribution < 1.29 is 29.3 Å².